The highest BCUT2D eigenvalue weighted by molar-refractivity contribution is 7.22. The standard InChI is InChI=1S/C61H69N9O15S/c1-34-38(37-13-14-39(65-47(37)52(75)76)36-12-16-44-42(25-36)69(20-22-81-44)56(79)67-55-66-40-9-5-6-10-45(40)86-55)26-63-70(34)33-60-28-58(2)27-59(3,29-60)31-61(30-58,32-60)83-23-19-68(4)57(80)82-21-7-8-35-11-15-43(41(24-35)64-46(71)17-18-62)84-54-50(74)48(72)49(73)51(85-54)53(77)78/h5-16,24-26,48-51,54,72-74H,17-23,27-33,62H2,1-4H3,(H,64,71)(H,75,76)(H,77,78)(H,66,67,79)/b8-7+/t48-,49-,50+,51-,54+,58?,59?,60?,61?/m0/s1. The summed E-state index contributed by atoms with van der Waals surface area (Å²) in [7, 11) is 1.64. The van der Waals surface area contributed by atoms with Gasteiger partial charge in [0.1, 0.15) is 43.0 Å². The average Bonchev–Trinajstić information content (AvgIpc) is 0.752. The number of rotatable bonds is 19. The lowest BCUT2D eigenvalue weighted by Crippen LogP contribution is -2.64. The van der Waals surface area contributed by atoms with E-state index in [4.69, 9.17) is 39.5 Å². The zero-order valence-electron chi connectivity index (χ0n) is 47.9. The van der Waals surface area contributed by atoms with Gasteiger partial charge in [0.25, 0.3) is 0 Å². The Bertz CT molecular complexity index is 3590. The zero-order valence-corrected chi connectivity index (χ0v) is 48.8. The molecule has 454 valence electrons. The quantitative estimate of drug-likeness (QED) is 0.0399. The molecule has 4 saturated carbocycles. The van der Waals surface area contributed by atoms with Gasteiger partial charge in [-0.1, -0.05) is 49.5 Å². The fourth-order valence-electron chi connectivity index (χ4n) is 14.4. The van der Waals surface area contributed by atoms with E-state index in [0.29, 0.717) is 57.7 Å². The van der Waals surface area contributed by atoms with Gasteiger partial charge in [-0.25, -0.2) is 29.1 Å². The van der Waals surface area contributed by atoms with Crippen molar-refractivity contribution in [3.63, 3.8) is 0 Å². The molecular formula is C61H69N9O15S. The number of aromatic carboxylic acids is 1. The van der Waals surface area contributed by atoms with E-state index in [0.717, 1.165) is 54.4 Å². The Hall–Kier alpha value is -8.04. The van der Waals surface area contributed by atoms with Crippen LogP contribution in [0, 0.1) is 23.2 Å². The second-order valence-corrected chi connectivity index (χ2v) is 25.1. The van der Waals surface area contributed by atoms with Gasteiger partial charge in [-0.3, -0.25) is 19.7 Å². The smallest absolute Gasteiger partial charge is 0.409 e. The largest absolute Gasteiger partial charge is 0.490 e. The van der Waals surface area contributed by atoms with E-state index in [1.54, 1.807) is 66.7 Å². The van der Waals surface area contributed by atoms with Gasteiger partial charge >= 0.3 is 24.1 Å². The summed E-state index contributed by atoms with van der Waals surface area (Å²) >= 11 is 1.38. The molecule has 25 heteroatoms. The zero-order chi connectivity index (χ0) is 60.9. The van der Waals surface area contributed by atoms with Gasteiger partial charge < -0.3 is 65.2 Å². The molecule has 0 spiro atoms. The minimum absolute atomic E-state index is 0.00303. The van der Waals surface area contributed by atoms with Crippen LogP contribution in [0.4, 0.5) is 26.1 Å². The Morgan fingerprint density at radius 2 is 1.67 bits per heavy atom. The maximum Gasteiger partial charge on any atom is 0.409 e. The predicted octanol–water partition coefficient (Wildman–Crippen LogP) is 7.14. The lowest BCUT2D eigenvalue weighted by atomic mass is 9.39. The number of carboxylic acid groups (broad SMARTS) is 2. The number of thiazole rings is 1. The number of amides is 4. The molecule has 24 nitrogen and oxygen atoms in total. The lowest BCUT2D eigenvalue weighted by Gasteiger charge is -2.69. The number of benzene rings is 3. The second-order valence-electron chi connectivity index (χ2n) is 24.1. The van der Waals surface area contributed by atoms with E-state index in [9.17, 15) is 49.5 Å². The van der Waals surface area contributed by atoms with Crippen LogP contribution in [0.1, 0.15) is 80.5 Å². The van der Waals surface area contributed by atoms with E-state index in [1.165, 1.54) is 28.4 Å². The summed E-state index contributed by atoms with van der Waals surface area (Å²) in [5, 5.41) is 62.0. The van der Waals surface area contributed by atoms with Gasteiger partial charge in [0.2, 0.25) is 12.2 Å². The topological polar surface area (TPSA) is 333 Å². The van der Waals surface area contributed by atoms with Crippen LogP contribution in [0.15, 0.2) is 85.1 Å². The fraction of sp³-hybridized carbons (Fsp3) is 0.443. The second kappa shape index (κ2) is 23.7. The van der Waals surface area contributed by atoms with Crippen molar-refractivity contribution < 1.29 is 73.2 Å². The van der Waals surface area contributed by atoms with Crippen LogP contribution in [0.25, 0.3) is 38.7 Å². The van der Waals surface area contributed by atoms with Crippen molar-refractivity contribution in [2.24, 2.45) is 22.0 Å². The minimum atomic E-state index is -1.92. The van der Waals surface area contributed by atoms with Gasteiger partial charge in [-0.2, -0.15) is 5.10 Å². The Balaban J connectivity index is 0.720. The summed E-state index contributed by atoms with van der Waals surface area (Å²) in [5.41, 5.74) is 9.70. The molecule has 86 heavy (non-hydrogen) atoms. The molecule has 6 aromatic rings. The number of urea groups is 1. The highest BCUT2D eigenvalue weighted by Gasteiger charge is 2.66. The molecular weight excluding hydrogens is 1130 g/mol. The molecule has 9 N–H and O–H groups in total. The number of aliphatic hydroxyl groups is 3. The highest BCUT2D eigenvalue weighted by Crippen LogP contribution is 2.72. The van der Waals surface area contributed by atoms with E-state index in [2.05, 4.69) is 29.5 Å². The number of aliphatic hydroxyl groups excluding tert-OH is 3. The number of carboxylic acids is 2. The van der Waals surface area contributed by atoms with Crippen LogP contribution in [-0.4, -0.2) is 163 Å². The molecule has 0 radical (unpaired) electrons. The molecule has 3 aromatic carbocycles. The van der Waals surface area contributed by atoms with E-state index in [-0.39, 0.29) is 78.7 Å². The van der Waals surface area contributed by atoms with Crippen molar-refractivity contribution in [2.75, 3.05) is 62.0 Å². The first-order chi connectivity index (χ1) is 41.0. The monoisotopic (exact) mass is 1200 g/mol. The van der Waals surface area contributed by atoms with Crippen LogP contribution in [0.5, 0.6) is 11.5 Å². The number of hydrogen-bond acceptors (Lipinski definition) is 18. The van der Waals surface area contributed by atoms with Gasteiger partial charge in [-0.05, 0) is 128 Å². The molecule has 4 amide bonds. The molecule has 3 aromatic heterocycles. The van der Waals surface area contributed by atoms with E-state index in [1.807, 2.05) is 35.9 Å². The summed E-state index contributed by atoms with van der Waals surface area (Å²) in [6.07, 6.45) is 0.660. The van der Waals surface area contributed by atoms with Gasteiger partial charge in [0.05, 0.1) is 52.2 Å². The number of nitrogens with one attached hydrogen (secondary N) is 2. The summed E-state index contributed by atoms with van der Waals surface area (Å²) in [5.74, 6) is -2.77. The Kier molecular flexibility index (Phi) is 16.4. The van der Waals surface area contributed by atoms with E-state index >= 15 is 0 Å². The number of hydrogen-bond donors (Lipinski definition) is 8. The third-order valence-corrected chi connectivity index (χ3v) is 17.9. The molecule has 7 atom stereocenters. The van der Waals surface area contributed by atoms with Crippen molar-refractivity contribution in [1.82, 2.24) is 24.6 Å². The maximum absolute atomic E-state index is 13.7. The maximum atomic E-state index is 13.7. The average molecular weight is 1200 g/mol. The number of fused-ring (bicyclic) bond motifs is 2. The number of pyridine rings is 1. The Labute approximate surface area is 498 Å². The number of para-hydroxylation sites is 1. The molecule has 5 fully saturated rings. The first-order valence-electron chi connectivity index (χ1n) is 28.4. The van der Waals surface area contributed by atoms with Crippen LogP contribution in [-0.2, 0) is 30.3 Å². The van der Waals surface area contributed by atoms with Crippen molar-refractivity contribution in [3.05, 3.63) is 102 Å². The number of nitrogens with zero attached hydrogens (tertiary/aromatic N) is 6. The normalized spacial score (nSPS) is 26.5. The van der Waals surface area contributed by atoms with Crippen molar-refractivity contribution >= 4 is 74.1 Å². The number of carbonyl (C=O) groups is 5. The lowest BCUT2D eigenvalue weighted by molar-refractivity contribution is -0.271. The summed E-state index contributed by atoms with van der Waals surface area (Å²) in [6.45, 7) is 8.33. The number of anilines is 3. The number of aliphatic carboxylic acids is 1. The molecule has 12 rings (SSSR count). The molecule has 6 aliphatic rings. The first-order valence-corrected chi connectivity index (χ1v) is 29.3. The Morgan fingerprint density at radius 1 is 0.895 bits per heavy atom. The molecule has 5 heterocycles. The fourth-order valence-corrected chi connectivity index (χ4v) is 15.2. The van der Waals surface area contributed by atoms with Crippen molar-refractivity contribution in [2.45, 2.75) is 109 Å². The minimum Gasteiger partial charge on any atom is -0.490 e. The molecule has 2 unspecified atom stereocenters. The summed E-state index contributed by atoms with van der Waals surface area (Å²) < 4.78 is 32.4. The number of likely N-dealkylation sites (N-methyl/N-ethyl adjacent to an activating group) is 1. The van der Waals surface area contributed by atoms with Gasteiger partial charge in [-0.15, -0.1) is 0 Å². The third kappa shape index (κ3) is 12.2. The molecule has 4 bridgehead atoms. The van der Waals surface area contributed by atoms with Crippen LogP contribution in [0.3, 0.4) is 0 Å². The van der Waals surface area contributed by atoms with Gasteiger partial charge in [0, 0.05) is 55.5 Å². The van der Waals surface area contributed by atoms with Crippen LogP contribution >= 0.6 is 11.3 Å². The summed E-state index contributed by atoms with van der Waals surface area (Å²) in [4.78, 5) is 76.6. The summed E-state index contributed by atoms with van der Waals surface area (Å²) in [6, 6.07) is 20.7. The number of nitrogens with two attached hydrogens (primary N) is 1. The molecule has 2 aliphatic heterocycles. The van der Waals surface area contributed by atoms with E-state index < -0.39 is 60.2 Å². The van der Waals surface area contributed by atoms with Gasteiger partial charge in [0.15, 0.2) is 16.9 Å². The first kappa shape index (κ1) is 59.7. The SMILES string of the molecule is Cc1c(-c2ccc(-c3ccc4c(c3)N(C(=O)Nc3nc5ccccc5s3)CCO4)nc2C(=O)O)cnn1CC12CC3(C)CC(C)(C1)CC(OCCN(C)C(=O)OC/C=C/c1ccc(O[C@@H]4O[C@H](C(=O)O)[C@@H](O)[C@H](O)[C@H]4O)c(NC(=O)CCN)c1)(C3)C2. The molecule has 4 aliphatic carbocycles. The number of ether oxygens (including phenoxy) is 5. The number of carbonyl (C=O) groups excluding carboxylic acids is 3. The third-order valence-electron chi connectivity index (χ3n) is 17.0. The van der Waals surface area contributed by atoms with Crippen LogP contribution in [0.2, 0.25) is 0 Å². The van der Waals surface area contributed by atoms with Crippen molar-refractivity contribution in [1.29, 1.82) is 0 Å². The van der Waals surface area contributed by atoms with Crippen molar-refractivity contribution in [3.8, 4) is 33.9 Å². The number of aromatic nitrogens is 4. The highest BCUT2D eigenvalue weighted by atomic mass is 32.1. The molecule has 1 saturated heterocycles. The van der Waals surface area contributed by atoms with Crippen LogP contribution < -0.4 is 30.7 Å². The predicted molar refractivity (Wildman–Crippen MR) is 316 cm³/mol. The Morgan fingerprint density at radius 3 is 2.42 bits per heavy atom.